The Bertz CT molecular complexity index is 737. The number of benzene rings is 1. The molecule has 0 saturated carbocycles. The number of aromatic nitrogens is 2. The molecule has 2 unspecified atom stereocenters. The molecule has 1 amide bonds. The van der Waals surface area contributed by atoms with E-state index in [0.717, 1.165) is 15.7 Å². The maximum atomic E-state index is 13.1. The van der Waals surface area contributed by atoms with Crippen molar-refractivity contribution in [3.63, 3.8) is 0 Å². The van der Waals surface area contributed by atoms with Gasteiger partial charge in [0, 0.05) is 10.2 Å². The fraction of sp³-hybridized carbons (Fsp3) is 0.286. The highest BCUT2D eigenvalue weighted by atomic mass is 127. The third-order valence-electron chi connectivity index (χ3n) is 3.58. The van der Waals surface area contributed by atoms with Crippen molar-refractivity contribution in [3.8, 4) is 5.75 Å². The maximum Gasteiger partial charge on any atom is 0.281 e. The molecule has 22 heavy (non-hydrogen) atoms. The Hall–Kier alpha value is -0.660. The minimum absolute atomic E-state index is 0.0502. The lowest BCUT2D eigenvalue weighted by Gasteiger charge is -2.28. The van der Waals surface area contributed by atoms with Gasteiger partial charge in [0.05, 0.1) is 18.6 Å². The van der Waals surface area contributed by atoms with E-state index in [9.17, 15) is 4.79 Å². The largest absolute Gasteiger partial charge is 0.487 e. The van der Waals surface area contributed by atoms with Crippen molar-refractivity contribution in [1.82, 2.24) is 9.55 Å². The molecule has 2 aromatic rings. The highest BCUT2D eigenvalue weighted by Gasteiger charge is 2.33. The number of halogens is 2. The molecule has 3 rings (SSSR count). The second kappa shape index (κ2) is 6.45. The molecule has 1 aliphatic heterocycles. The second-order valence-electron chi connectivity index (χ2n) is 5.12. The van der Waals surface area contributed by atoms with E-state index in [1.807, 2.05) is 36.9 Å². The van der Waals surface area contributed by atoms with E-state index in [1.54, 1.807) is 10.6 Å². The summed E-state index contributed by atoms with van der Waals surface area (Å²) in [6.07, 6.45) is 1.98. The van der Waals surface area contributed by atoms with E-state index < -0.39 is 0 Å². The quantitative estimate of drug-likeness (QED) is 0.466. The molecule has 1 aromatic carbocycles. The van der Waals surface area contributed by atoms with Crippen LogP contribution in [-0.2, 0) is 0 Å². The number of aryl methyl sites for hydroxylation is 1. The summed E-state index contributed by atoms with van der Waals surface area (Å²) in [4.78, 5) is 14.9. The molecule has 1 aromatic heterocycles. The first-order valence-electron chi connectivity index (χ1n) is 6.70. The maximum absolute atomic E-state index is 13.1. The van der Waals surface area contributed by atoms with Gasteiger partial charge in [-0.1, -0.05) is 15.9 Å². The van der Waals surface area contributed by atoms with Crippen LogP contribution in [0.15, 0.2) is 28.9 Å². The number of rotatable bonds is 2. The van der Waals surface area contributed by atoms with E-state index in [-0.39, 0.29) is 11.9 Å². The normalized spacial score (nSPS) is 18.5. The van der Waals surface area contributed by atoms with E-state index >= 15 is 0 Å². The zero-order valence-electron chi connectivity index (χ0n) is 12.0. The number of nitrogens with zero attached hydrogens (tertiary/aromatic N) is 3. The van der Waals surface area contributed by atoms with E-state index in [0.29, 0.717) is 24.4 Å². The van der Waals surface area contributed by atoms with Gasteiger partial charge >= 0.3 is 0 Å². The van der Waals surface area contributed by atoms with Crippen LogP contribution in [0, 0.1) is 6.92 Å². The lowest BCUT2D eigenvalue weighted by atomic mass is 10.1. The van der Waals surface area contributed by atoms with Crippen molar-refractivity contribution in [1.29, 1.82) is 0 Å². The van der Waals surface area contributed by atoms with Crippen LogP contribution in [0.3, 0.4) is 0 Å². The average molecular weight is 494 g/mol. The van der Waals surface area contributed by atoms with E-state index in [4.69, 9.17) is 4.74 Å². The highest BCUT2D eigenvalue weighted by Crippen LogP contribution is 2.35. The number of anilines is 1. The molecule has 2 heterocycles. The van der Waals surface area contributed by atoms with Crippen LogP contribution in [0.4, 0.5) is 5.69 Å². The summed E-state index contributed by atoms with van der Waals surface area (Å²) >= 11 is 5.68. The molecule has 0 saturated heterocycles. The molecule has 0 bridgehead atoms. The zero-order valence-corrected chi connectivity index (χ0v) is 16.8. The summed E-state index contributed by atoms with van der Waals surface area (Å²) in [6, 6.07) is 5.88. The summed E-state index contributed by atoms with van der Waals surface area (Å²) in [6.45, 7) is 4.45. The standard InChI is InChI=1S/C14H14BrIN3O2P/c1-8-5-10(15)3-4-11(8)18-9(2)7-21-12-6-17-19(22-16)13(12)14(18)20/h3-6,9,22H,7H2,1-2H3. The number of fused-ring (bicyclic) bond motifs is 1. The van der Waals surface area contributed by atoms with Crippen LogP contribution >= 0.6 is 44.3 Å². The van der Waals surface area contributed by atoms with Crippen molar-refractivity contribution >= 4 is 55.9 Å². The van der Waals surface area contributed by atoms with Gasteiger partial charge in [0.15, 0.2) is 11.4 Å². The van der Waals surface area contributed by atoms with Crippen molar-refractivity contribution in [3.05, 3.63) is 40.1 Å². The minimum atomic E-state index is -0.0629. The van der Waals surface area contributed by atoms with Crippen molar-refractivity contribution < 1.29 is 9.53 Å². The number of ether oxygens (including phenoxy) is 1. The fourth-order valence-corrected chi connectivity index (χ4v) is 4.50. The Labute approximate surface area is 151 Å². The van der Waals surface area contributed by atoms with Gasteiger partial charge in [0.2, 0.25) is 0 Å². The summed E-state index contributed by atoms with van der Waals surface area (Å²) in [5.74, 6) is 0.505. The topological polar surface area (TPSA) is 47.4 Å². The molecule has 116 valence electrons. The number of carbonyl (C=O) groups excluding carboxylic acids is 1. The molecule has 1 aliphatic rings. The van der Waals surface area contributed by atoms with Crippen LogP contribution in [0.1, 0.15) is 23.0 Å². The third kappa shape index (κ3) is 2.78. The summed E-state index contributed by atoms with van der Waals surface area (Å²) in [5.41, 5.74) is 2.47. The molecular weight excluding hydrogens is 480 g/mol. The Morgan fingerprint density at radius 1 is 1.50 bits per heavy atom. The lowest BCUT2D eigenvalue weighted by molar-refractivity contribution is 0.0975. The van der Waals surface area contributed by atoms with Gasteiger partial charge in [-0.3, -0.25) is 4.79 Å². The molecule has 5 nitrogen and oxygen atoms in total. The molecule has 0 spiro atoms. The van der Waals surface area contributed by atoms with Gasteiger partial charge in [-0.25, -0.2) is 4.45 Å². The smallest absolute Gasteiger partial charge is 0.281 e. The average Bonchev–Trinajstić information content (AvgIpc) is 2.85. The van der Waals surface area contributed by atoms with Crippen molar-refractivity contribution in [2.45, 2.75) is 19.9 Å². The van der Waals surface area contributed by atoms with Gasteiger partial charge in [-0.2, -0.15) is 5.10 Å². The van der Waals surface area contributed by atoms with Gasteiger partial charge in [-0.05, 0) is 59.7 Å². The molecule has 8 heteroatoms. The van der Waals surface area contributed by atoms with Crippen LogP contribution < -0.4 is 9.64 Å². The van der Waals surface area contributed by atoms with Crippen LogP contribution in [-0.4, -0.2) is 28.1 Å². The van der Waals surface area contributed by atoms with Gasteiger partial charge in [0.1, 0.15) is 6.61 Å². The lowest BCUT2D eigenvalue weighted by Crippen LogP contribution is -2.41. The fourth-order valence-electron chi connectivity index (χ4n) is 2.53. The predicted molar refractivity (Wildman–Crippen MR) is 101 cm³/mol. The monoisotopic (exact) mass is 493 g/mol. The number of carbonyl (C=O) groups is 1. The third-order valence-corrected chi connectivity index (χ3v) is 5.94. The van der Waals surface area contributed by atoms with Crippen LogP contribution in [0.5, 0.6) is 5.75 Å². The van der Waals surface area contributed by atoms with E-state index in [2.05, 4.69) is 43.1 Å². The predicted octanol–water partition coefficient (Wildman–Crippen LogP) is 4.17. The van der Waals surface area contributed by atoms with Gasteiger partial charge in [0.25, 0.3) is 5.91 Å². The Morgan fingerprint density at radius 3 is 2.95 bits per heavy atom. The Kier molecular flexibility index (Phi) is 4.75. The molecule has 0 radical (unpaired) electrons. The van der Waals surface area contributed by atoms with Gasteiger partial charge in [-0.15, -0.1) is 0 Å². The van der Waals surface area contributed by atoms with Crippen LogP contribution in [0.25, 0.3) is 0 Å². The Morgan fingerprint density at radius 2 is 2.27 bits per heavy atom. The summed E-state index contributed by atoms with van der Waals surface area (Å²) in [7, 11) is 0. The molecule has 0 aliphatic carbocycles. The molecular formula is C14H14BrIN3O2P. The first kappa shape index (κ1) is 16.2. The summed E-state index contributed by atoms with van der Waals surface area (Å²) < 4.78 is 8.48. The molecule has 2 atom stereocenters. The van der Waals surface area contributed by atoms with Gasteiger partial charge < -0.3 is 9.64 Å². The number of hydrogen-bond acceptors (Lipinski definition) is 3. The molecule has 0 fully saturated rings. The number of hydrogen-bond donors (Lipinski definition) is 0. The number of amides is 1. The molecule has 0 N–H and O–H groups in total. The Balaban J connectivity index is 2.11. The zero-order chi connectivity index (χ0) is 15.9. The minimum Gasteiger partial charge on any atom is -0.487 e. The second-order valence-corrected chi connectivity index (χ2v) is 8.08. The van der Waals surface area contributed by atoms with Crippen molar-refractivity contribution in [2.24, 2.45) is 0 Å². The summed E-state index contributed by atoms with van der Waals surface area (Å²) in [5, 5.41) is 4.24. The first-order chi connectivity index (χ1) is 10.5. The van der Waals surface area contributed by atoms with E-state index in [1.165, 1.54) is 0 Å². The van der Waals surface area contributed by atoms with Crippen LogP contribution in [0.2, 0.25) is 0 Å². The highest BCUT2D eigenvalue weighted by molar-refractivity contribution is 14.2. The van der Waals surface area contributed by atoms with Crippen molar-refractivity contribution in [2.75, 3.05) is 11.5 Å². The first-order valence-corrected chi connectivity index (χ1v) is 11.6. The SMILES string of the molecule is Cc1cc(Br)ccc1N1C(=O)c2c(cnn2PI)OCC1C.